The van der Waals surface area contributed by atoms with Crippen LogP contribution in [0.4, 0.5) is 11.4 Å². The molecule has 0 aliphatic rings. The van der Waals surface area contributed by atoms with E-state index in [4.69, 9.17) is 23.2 Å². The third-order valence-electron chi connectivity index (χ3n) is 4.83. The van der Waals surface area contributed by atoms with E-state index in [9.17, 15) is 9.59 Å². The Bertz CT molecular complexity index is 1080. The maximum Gasteiger partial charge on any atom is 0.255 e. The first-order valence-electron chi connectivity index (χ1n) is 9.98. The largest absolute Gasteiger partial charge is 0.321 e. The quantitative estimate of drug-likeness (QED) is 0.413. The van der Waals surface area contributed by atoms with Crippen molar-refractivity contribution in [1.82, 2.24) is 0 Å². The van der Waals surface area contributed by atoms with E-state index in [-0.39, 0.29) is 21.9 Å². The van der Waals surface area contributed by atoms with E-state index in [2.05, 4.69) is 24.8 Å². The van der Waals surface area contributed by atoms with Crippen LogP contribution in [-0.2, 0) is 12.7 Å². The third kappa shape index (κ3) is 5.90. The zero-order chi connectivity index (χ0) is 22.4. The van der Waals surface area contributed by atoms with Gasteiger partial charge in [-0.05, 0) is 48.4 Å². The smallest absolute Gasteiger partial charge is 0.255 e. The van der Waals surface area contributed by atoms with Crippen LogP contribution in [0.15, 0.2) is 60.7 Å². The molecule has 31 heavy (non-hydrogen) atoms. The second-order valence-corrected chi connectivity index (χ2v) is 7.89. The molecule has 0 heterocycles. The van der Waals surface area contributed by atoms with Crippen LogP contribution in [0.5, 0.6) is 0 Å². The maximum absolute atomic E-state index is 12.6. The molecule has 1 radical (unpaired) electrons. The van der Waals surface area contributed by atoms with Gasteiger partial charge in [0.1, 0.15) is 7.28 Å². The van der Waals surface area contributed by atoms with Gasteiger partial charge in [0.15, 0.2) is 0 Å². The molecule has 4 nitrogen and oxygen atoms in total. The molecule has 3 rings (SSSR count). The number of carbonyl (C=O) groups is 2. The Morgan fingerprint density at radius 1 is 0.774 bits per heavy atom. The zero-order valence-corrected chi connectivity index (χ0v) is 18.8. The molecule has 0 saturated carbocycles. The van der Waals surface area contributed by atoms with Crippen molar-refractivity contribution in [2.75, 3.05) is 10.6 Å². The maximum atomic E-state index is 12.6. The predicted octanol–water partition coefficient (Wildman–Crippen LogP) is 6.31. The van der Waals surface area contributed by atoms with Crippen LogP contribution < -0.4 is 10.6 Å². The van der Waals surface area contributed by atoms with Gasteiger partial charge in [-0.15, -0.1) is 0 Å². The molecule has 0 bridgehead atoms. The number of carbonyl (C=O) groups excluding carboxylic acids is 2. The summed E-state index contributed by atoms with van der Waals surface area (Å²) in [6.45, 7) is 4.04. The molecular formula is C24H22BCl2N2O2. The van der Waals surface area contributed by atoms with Crippen molar-refractivity contribution >= 4 is 53.7 Å². The minimum absolute atomic E-state index is 0.270. The molecule has 3 aromatic rings. The molecule has 7 heteroatoms. The highest BCUT2D eigenvalue weighted by Crippen LogP contribution is 2.33. The summed E-state index contributed by atoms with van der Waals surface area (Å²) in [5.74, 6) is -0.584. The third-order valence-corrected chi connectivity index (χ3v) is 5.46. The van der Waals surface area contributed by atoms with E-state index in [0.717, 1.165) is 23.9 Å². The Hall–Kier alpha value is -2.76. The van der Waals surface area contributed by atoms with Gasteiger partial charge in [-0.2, -0.15) is 0 Å². The number of amides is 2. The average molecular weight is 452 g/mol. The van der Waals surface area contributed by atoms with Gasteiger partial charge in [0, 0.05) is 11.1 Å². The van der Waals surface area contributed by atoms with Crippen molar-refractivity contribution in [1.29, 1.82) is 0 Å². The van der Waals surface area contributed by atoms with Crippen LogP contribution in [0.1, 0.15) is 38.8 Å². The first kappa shape index (κ1) is 22.9. The van der Waals surface area contributed by atoms with Crippen LogP contribution in [0.3, 0.4) is 0 Å². The van der Waals surface area contributed by atoms with Crippen molar-refractivity contribution in [3.8, 4) is 0 Å². The number of anilines is 2. The van der Waals surface area contributed by atoms with Gasteiger partial charge >= 0.3 is 0 Å². The summed E-state index contributed by atoms with van der Waals surface area (Å²) >= 11 is 12.7. The van der Waals surface area contributed by atoms with Crippen molar-refractivity contribution in [3.63, 3.8) is 0 Å². The van der Waals surface area contributed by atoms with Crippen molar-refractivity contribution in [3.05, 3.63) is 93.0 Å². The standard InChI is InChI=1S/C24H22BCl2N2O2/c1-3-15-4-8-17(9-5-15)23(30)28-21-12-20(27)22(13-19(21)26)29-24(31)18-10-6-16(7-11-18)14-25-2/h4-13H,3,14H2,1-2H3,(H,28,30)(H,29,31). The van der Waals surface area contributed by atoms with Gasteiger partial charge in [-0.3, -0.25) is 9.59 Å². The van der Waals surface area contributed by atoms with Gasteiger partial charge in [-0.25, -0.2) is 0 Å². The summed E-state index contributed by atoms with van der Waals surface area (Å²) in [5, 5.41) is 6.07. The first-order chi connectivity index (χ1) is 14.9. The molecule has 0 aliphatic carbocycles. The molecule has 0 saturated heterocycles. The van der Waals surface area contributed by atoms with Crippen molar-refractivity contribution in [2.24, 2.45) is 0 Å². The van der Waals surface area contributed by atoms with Gasteiger partial charge in [-0.1, -0.05) is 73.1 Å². The van der Waals surface area contributed by atoms with Crippen LogP contribution in [-0.4, -0.2) is 19.1 Å². The fraction of sp³-hybridized carbons (Fsp3) is 0.167. The highest BCUT2D eigenvalue weighted by molar-refractivity contribution is 6.38. The SMILES string of the molecule is C[B]Cc1ccc(C(=O)Nc2cc(Cl)c(NC(=O)c3ccc(CC)cc3)cc2Cl)cc1. The number of halogens is 2. The van der Waals surface area contributed by atoms with Crippen LogP contribution in [0, 0.1) is 0 Å². The molecule has 157 valence electrons. The number of hydrogen-bond donors (Lipinski definition) is 2. The summed E-state index contributed by atoms with van der Waals surface area (Å²) in [6.07, 6.45) is 1.75. The molecule has 0 unspecified atom stereocenters. The summed E-state index contributed by atoms with van der Waals surface area (Å²) in [4.78, 5) is 25.1. The van der Waals surface area contributed by atoms with E-state index in [1.807, 2.05) is 31.1 Å². The summed E-state index contributed by atoms with van der Waals surface area (Å²) < 4.78 is 0. The Morgan fingerprint density at radius 2 is 1.19 bits per heavy atom. The van der Waals surface area contributed by atoms with Gasteiger partial charge in [0.25, 0.3) is 11.8 Å². The van der Waals surface area contributed by atoms with Gasteiger partial charge < -0.3 is 10.6 Å². The molecular weight excluding hydrogens is 430 g/mol. The number of benzene rings is 3. The fourth-order valence-corrected chi connectivity index (χ4v) is 3.47. The fourth-order valence-electron chi connectivity index (χ4n) is 3.05. The topological polar surface area (TPSA) is 58.2 Å². The second kappa shape index (κ2) is 10.5. The van der Waals surface area contributed by atoms with Crippen LogP contribution >= 0.6 is 23.2 Å². The molecule has 0 fully saturated rings. The van der Waals surface area contributed by atoms with Crippen molar-refractivity contribution < 1.29 is 9.59 Å². The van der Waals surface area contributed by atoms with E-state index >= 15 is 0 Å². The lowest BCUT2D eigenvalue weighted by molar-refractivity contribution is 0.101. The van der Waals surface area contributed by atoms with E-state index < -0.39 is 0 Å². The molecule has 0 spiro atoms. The van der Waals surface area contributed by atoms with Gasteiger partial charge in [0.2, 0.25) is 0 Å². The van der Waals surface area contributed by atoms with E-state index in [1.54, 1.807) is 24.3 Å². The highest BCUT2D eigenvalue weighted by atomic mass is 35.5. The molecule has 3 aromatic carbocycles. The predicted molar refractivity (Wildman–Crippen MR) is 130 cm³/mol. The minimum Gasteiger partial charge on any atom is -0.321 e. The summed E-state index contributed by atoms with van der Waals surface area (Å²) in [7, 11) is 2.05. The normalized spacial score (nSPS) is 10.5. The lowest BCUT2D eigenvalue weighted by atomic mass is 9.75. The molecule has 0 atom stereocenters. The lowest BCUT2D eigenvalue weighted by Gasteiger charge is -2.13. The highest BCUT2D eigenvalue weighted by Gasteiger charge is 2.14. The molecule has 2 amide bonds. The Kier molecular flexibility index (Phi) is 7.77. The monoisotopic (exact) mass is 451 g/mol. The summed E-state index contributed by atoms with van der Waals surface area (Å²) in [6, 6.07) is 17.8. The van der Waals surface area contributed by atoms with Gasteiger partial charge in [0.05, 0.1) is 21.4 Å². The Morgan fingerprint density at radius 3 is 1.58 bits per heavy atom. The number of hydrogen-bond acceptors (Lipinski definition) is 2. The number of nitrogens with one attached hydrogen (secondary N) is 2. The van der Waals surface area contributed by atoms with Crippen LogP contribution in [0.2, 0.25) is 16.9 Å². The zero-order valence-electron chi connectivity index (χ0n) is 17.3. The van der Waals surface area contributed by atoms with E-state index in [1.165, 1.54) is 12.1 Å². The van der Waals surface area contributed by atoms with E-state index in [0.29, 0.717) is 22.5 Å². The molecule has 2 N–H and O–H groups in total. The van der Waals surface area contributed by atoms with Crippen LogP contribution in [0.25, 0.3) is 0 Å². The minimum atomic E-state index is -0.294. The average Bonchev–Trinajstić information content (AvgIpc) is 2.77. The first-order valence-corrected chi connectivity index (χ1v) is 10.7. The number of aryl methyl sites for hydroxylation is 1. The molecule has 0 aliphatic heterocycles. The Balaban J connectivity index is 1.71. The Labute approximate surface area is 193 Å². The lowest BCUT2D eigenvalue weighted by Crippen LogP contribution is -2.14. The second-order valence-electron chi connectivity index (χ2n) is 7.08. The molecule has 0 aromatic heterocycles. The van der Waals surface area contributed by atoms with Crippen molar-refractivity contribution in [2.45, 2.75) is 26.5 Å². The number of rotatable bonds is 7. The summed E-state index contributed by atoms with van der Waals surface area (Å²) in [5.41, 5.74) is 4.05.